The van der Waals surface area contributed by atoms with Gasteiger partial charge in [-0.25, -0.2) is 4.98 Å². The molecule has 1 atom stereocenters. The third kappa shape index (κ3) is 2.71. The normalized spacial score (nSPS) is 20.9. The molecule has 3 heteroatoms. The molecule has 2 heterocycles. The lowest BCUT2D eigenvalue weighted by Crippen LogP contribution is -2.20. The van der Waals surface area contributed by atoms with Gasteiger partial charge in [0.05, 0.1) is 0 Å². The highest BCUT2D eigenvalue weighted by atomic mass is 79.9. The second-order valence-electron chi connectivity index (χ2n) is 4.22. The van der Waals surface area contributed by atoms with Crippen LogP contribution in [0.15, 0.2) is 22.8 Å². The van der Waals surface area contributed by atoms with E-state index in [0.717, 1.165) is 16.2 Å². The lowest BCUT2D eigenvalue weighted by atomic mass is 10.0. The molecule has 0 amide bonds. The quantitative estimate of drug-likeness (QED) is 0.835. The highest BCUT2D eigenvalue weighted by Gasteiger charge is 2.22. The predicted molar refractivity (Wildman–Crippen MR) is 67.2 cm³/mol. The molecule has 1 saturated heterocycles. The van der Waals surface area contributed by atoms with E-state index in [9.17, 15) is 0 Å². The standard InChI is InChI=1S/C12H17BrN2/c1-2-3-10-6-7-15(9-10)12-5-4-11(13)8-14-12/h4-5,8,10H,2-3,6-7,9H2,1H3. The molecule has 2 rings (SSSR count). The van der Waals surface area contributed by atoms with Gasteiger partial charge in [-0.2, -0.15) is 0 Å². The molecule has 0 N–H and O–H groups in total. The van der Waals surface area contributed by atoms with Crippen molar-refractivity contribution in [1.82, 2.24) is 4.98 Å². The Labute approximate surface area is 99.8 Å². The first kappa shape index (κ1) is 10.9. The second kappa shape index (κ2) is 4.97. The molecule has 0 radical (unpaired) electrons. The van der Waals surface area contributed by atoms with Crippen molar-refractivity contribution >= 4 is 21.7 Å². The van der Waals surface area contributed by atoms with Crippen LogP contribution in [0.5, 0.6) is 0 Å². The molecule has 0 saturated carbocycles. The summed E-state index contributed by atoms with van der Waals surface area (Å²) < 4.78 is 1.05. The van der Waals surface area contributed by atoms with Crippen LogP contribution >= 0.6 is 15.9 Å². The molecule has 82 valence electrons. The first-order chi connectivity index (χ1) is 7.29. The third-order valence-electron chi connectivity index (χ3n) is 3.02. The average Bonchev–Trinajstić information content (AvgIpc) is 2.68. The van der Waals surface area contributed by atoms with Crippen LogP contribution in [-0.2, 0) is 0 Å². The molecule has 1 aliphatic rings. The molecular weight excluding hydrogens is 252 g/mol. The number of hydrogen-bond donors (Lipinski definition) is 0. The molecule has 1 aromatic rings. The minimum atomic E-state index is 0.875. The summed E-state index contributed by atoms with van der Waals surface area (Å²) in [7, 11) is 0. The number of hydrogen-bond acceptors (Lipinski definition) is 2. The van der Waals surface area contributed by atoms with Crippen LogP contribution in [-0.4, -0.2) is 18.1 Å². The van der Waals surface area contributed by atoms with E-state index in [2.05, 4.69) is 44.9 Å². The van der Waals surface area contributed by atoms with E-state index >= 15 is 0 Å². The fraction of sp³-hybridized carbons (Fsp3) is 0.583. The van der Waals surface area contributed by atoms with Crippen LogP contribution in [0.2, 0.25) is 0 Å². The van der Waals surface area contributed by atoms with Crippen LogP contribution < -0.4 is 4.90 Å². The molecular formula is C12H17BrN2. The number of aromatic nitrogens is 1. The van der Waals surface area contributed by atoms with Crippen LogP contribution in [0.4, 0.5) is 5.82 Å². The number of rotatable bonds is 3. The van der Waals surface area contributed by atoms with Crippen molar-refractivity contribution in [1.29, 1.82) is 0 Å². The fourth-order valence-corrected chi connectivity index (χ4v) is 2.47. The molecule has 1 aliphatic heterocycles. The minimum absolute atomic E-state index is 0.875. The molecule has 1 aromatic heterocycles. The molecule has 1 fully saturated rings. The zero-order valence-electron chi connectivity index (χ0n) is 9.12. The Balaban J connectivity index is 1.98. The van der Waals surface area contributed by atoms with Gasteiger partial charge in [0.1, 0.15) is 5.82 Å². The molecule has 0 spiro atoms. The van der Waals surface area contributed by atoms with E-state index in [0.29, 0.717) is 0 Å². The molecule has 1 unspecified atom stereocenters. The molecule has 15 heavy (non-hydrogen) atoms. The topological polar surface area (TPSA) is 16.1 Å². The monoisotopic (exact) mass is 268 g/mol. The molecule has 0 bridgehead atoms. The highest BCUT2D eigenvalue weighted by molar-refractivity contribution is 9.10. The van der Waals surface area contributed by atoms with Gasteiger partial charge in [-0.15, -0.1) is 0 Å². The van der Waals surface area contributed by atoms with Crippen molar-refractivity contribution in [2.24, 2.45) is 5.92 Å². The Hall–Kier alpha value is -0.570. The first-order valence-corrected chi connectivity index (χ1v) is 6.45. The number of nitrogens with zero attached hydrogens (tertiary/aromatic N) is 2. The Kier molecular flexibility index (Phi) is 3.62. The van der Waals surface area contributed by atoms with Gasteiger partial charge in [-0.3, -0.25) is 0 Å². The first-order valence-electron chi connectivity index (χ1n) is 5.66. The maximum Gasteiger partial charge on any atom is 0.128 e. The highest BCUT2D eigenvalue weighted by Crippen LogP contribution is 2.25. The van der Waals surface area contributed by atoms with E-state index in [-0.39, 0.29) is 0 Å². The Morgan fingerprint density at radius 3 is 3.07 bits per heavy atom. The number of pyridine rings is 1. The number of halogens is 1. The zero-order chi connectivity index (χ0) is 10.7. The van der Waals surface area contributed by atoms with Crippen LogP contribution in [0.1, 0.15) is 26.2 Å². The van der Waals surface area contributed by atoms with Crippen molar-refractivity contribution < 1.29 is 0 Å². The van der Waals surface area contributed by atoms with Gasteiger partial charge in [0.25, 0.3) is 0 Å². The largest absolute Gasteiger partial charge is 0.356 e. The summed E-state index contributed by atoms with van der Waals surface area (Å²) in [6.07, 6.45) is 5.85. The Bertz CT molecular complexity index is 310. The predicted octanol–water partition coefficient (Wildman–Crippen LogP) is 3.47. The van der Waals surface area contributed by atoms with E-state index in [1.54, 1.807) is 0 Å². The van der Waals surface area contributed by atoms with Gasteiger partial charge in [0, 0.05) is 23.8 Å². The van der Waals surface area contributed by atoms with Crippen LogP contribution in [0, 0.1) is 5.92 Å². The van der Waals surface area contributed by atoms with Crippen LogP contribution in [0.25, 0.3) is 0 Å². The Morgan fingerprint density at radius 1 is 1.53 bits per heavy atom. The van der Waals surface area contributed by atoms with E-state index in [1.165, 1.54) is 32.4 Å². The van der Waals surface area contributed by atoms with E-state index < -0.39 is 0 Å². The van der Waals surface area contributed by atoms with Crippen molar-refractivity contribution in [3.63, 3.8) is 0 Å². The number of anilines is 1. The van der Waals surface area contributed by atoms with E-state index in [1.807, 2.05) is 6.20 Å². The Morgan fingerprint density at radius 2 is 2.40 bits per heavy atom. The van der Waals surface area contributed by atoms with Crippen molar-refractivity contribution in [3.05, 3.63) is 22.8 Å². The van der Waals surface area contributed by atoms with Crippen molar-refractivity contribution in [2.75, 3.05) is 18.0 Å². The van der Waals surface area contributed by atoms with Gasteiger partial charge < -0.3 is 4.90 Å². The lowest BCUT2D eigenvalue weighted by molar-refractivity contribution is 0.529. The van der Waals surface area contributed by atoms with Crippen molar-refractivity contribution in [2.45, 2.75) is 26.2 Å². The summed E-state index contributed by atoms with van der Waals surface area (Å²) in [6, 6.07) is 4.16. The van der Waals surface area contributed by atoms with Crippen LogP contribution in [0.3, 0.4) is 0 Å². The maximum absolute atomic E-state index is 4.43. The summed E-state index contributed by atoms with van der Waals surface area (Å²) in [5.41, 5.74) is 0. The van der Waals surface area contributed by atoms with Gasteiger partial charge in [0.15, 0.2) is 0 Å². The van der Waals surface area contributed by atoms with Crippen molar-refractivity contribution in [3.8, 4) is 0 Å². The summed E-state index contributed by atoms with van der Waals surface area (Å²) in [6.45, 7) is 4.61. The third-order valence-corrected chi connectivity index (χ3v) is 3.49. The molecule has 0 aliphatic carbocycles. The van der Waals surface area contributed by atoms with Gasteiger partial charge in [-0.05, 0) is 46.8 Å². The summed E-state index contributed by atoms with van der Waals surface area (Å²) >= 11 is 3.41. The van der Waals surface area contributed by atoms with E-state index in [4.69, 9.17) is 0 Å². The second-order valence-corrected chi connectivity index (χ2v) is 5.14. The lowest BCUT2D eigenvalue weighted by Gasteiger charge is -2.17. The fourth-order valence-electron chi connectivity index (χ4n) is 2.24. The average molecular weight is 269 g/mol. The van der Waals surface area contributed by atoms with Gasteiger partial charge in [-0.1, -0.05) is 13.3 Å². The smallest absolute Gasteiger partial charge is 0.128 e. The molecule has 2 nitrogen and oxygen atoms in total. The maximum atomic E-state index is 4.43. The zero-order valence-corrected chi connectivity index (χ0v) is 10.7. The summed E-state index contributed by atoms with van der Waals surface area (Å²) in [5.74, 6) is 2.00. The molecule has 0 aromatic carbocycles. The minimum Gasteiger partial charge on any atom is -0.356 e. The van der Waals surface area contributed by atoms with Gasteiger partial charge >= 0.3 is 0 Å². The van der Waals surface area contributed by atoms with Gasteiger partial charge in [0.2, 0.25) is 0 Å². The summed E-state index contributed by atoms with van der Waals surface area (Å²) in [5, 5.41) is 0. The summed E-state index contributed by atoms with van der Waals surface area (Å²) in [4.78, 5) is 6.83. The SMILES string of the molecule is CCCC1CCN(c2ccc(Br)cn2)C1.